The molecular weight excluding hydrogens is 903 g/mol. The normalized spacial score (nSPS) is 23.7. The van der Waals surface area contributed by atoms with Crippen molar-refractivity contribution < 1.29 is 14.3 Å². The van der Waals surface area contributed by atoms with Gasteiger partial charge in [0.1, 0.15) is 30.1 Å². The Morgan fingerprint density at radius 1 is 0.611 bits per heavy atom. The zero-order chi connectivity index (χ0) is 49.4. The van der Waals surface area contributed by atoms with Gasteiger partial charge in [-0.1, -0.05) is 84.9 Å². The van der Waals surface area contributed by atoms with Gasteiger partial charge in [-0.2, -0.15) is 0 Å². The number of hydrogen-bond donors (Lipinski definition) is 4. The number of H-pyrrole nitrogens is 2. The molecule has 9 heterocycles. The molecule has 4 N–H and O–H groups in total. The molecule has 0 saturated heterocycles. The van der Waals surface area contributed by atoms with Gasteiger partial charge in [0.2, 0.25) is 23.7 Å². The van der Waals surface area contributed by atoms with Crippen LogP contribution in [0.3, 0.4) is 0 Å². The molecule has 6 atom stereocenters. The molecule has 2 aliphatic carbocycles. The highest BCUT2D eigenvalue weighted by Gasteiger charge is 2.61. The number of nitrogens with zero attached hydrogens (tertiary/aromatic N) is 9. The number of aromatic amines is 2. The number of ether oxygens (including phenoxy) is 1. The SMILES string of the molecule is CC12CC(C)(C(=O)Nc3ncc(Cc4ccc(-c5ccncc5)cc4)[nH]3)C(c3ccccc31)n1cnnc12.COc1ccc(Cc2cnc(NC(=O)C3(C)CC4(C)c5ccccc5C3n3cnnc34)[nH]2)cc1. The Kier molecular flexibility index (Phi) is 10.4. The van der Waals surface area contributed by atoms with E-state index in [4.69, 9.17) is 4.74 Å². The smallest absolute Gasteiger partial charge is 0.235 e. The summed E-state index contributed by atoms with van der Waals surface area (Å²) in [6, 6.07) is 36.7. The fourth-order valence-electron chi connectivity index (χ4n) is 12.5. The first kappa shape index (κ1) is 44.7. The molecule has 15 rings (SSSR count). The van der Waals surface area contributed by atoms with Crippen LogP contribution in [0.5, 0.6) is 5.75 Å². The molecule has 4 aliphatic heterocycles. The van der Waals surface area contributed by atoms with E-state index in [0.717, 1.165) is 62.2 Å². The summed E-state index contributed by atoms with van der Waals surface area (Å²) in [5, 5.41) is 23.4. The van der Waals surface area contributed by atoms with Gasteiger partial charge in [-0.05, 0) is 109 Å². The maximum Gasteiger partial charge on any atom is 0.235 e. The molecule has 360 valence electrons. The number of rotatable bonds is 10. The minimum Gasteiger partial charge on any atom is -0.497 e. The van der Waals surface area contributed by atoms with Gasteiger partial charge in [-0.15, -0.1) is 20.4 Å². The third-order valence-corrected chi connectivity index (χ3v) is 15.7. The second kappa shape index (κ2) is 16.8. The highest BCUT2D eigenvalue weighted by atomic mass is 16.5. The lowest BCUT2D eigenvalue weighted by Crippen LogP contribution is -2.55. The highest BCUT2D eigenvalue weighted by molar-refractivity contribution is 5.96. The lowest BCUT2D eigenvalue weighted by Gasteiger charge is -2.54. The second-order valence-electron chi connectivity index (χ2n) is 20.5. The van der Waals surface area contributed by atoms with Crippen LogP contribution in [-0.4, -0.2) is 73.4 Å². The van der Waals surface area contributed by atoms with E-state index < -0.39 is 21.7 Å². The van der Waals surface area contributed by atoms with Gasteiger partial charge in [0, 0.05) is 36.6 Å². The van der Waals surface area contributed by atoms with Gasteiger partial charge < -0.3 is 23.8 Å². The number of imidazole rings is 2. The number of nitrogens with one attached hydrogen (secondary N) is 4. The van der Waals surface area contributed by atoms with Crippen LogP contribution in [0.25, 0.3) is 11.1 Å². The average Bonchev–Trinajstić information content (AvgIpc) is 4.25. The van der Waals surface area contributed by atoms with Crippen LogP contribution in [0, 0.1) is 10.8 Å². The van der Waals surface area contributed by atoms with Crippen molar-refractivity contribution in [3.8, 4) is 16.9 Å². The van der Waals surface area contributed by atoms with E-state index >= 15 is 0 Å². The predicted octanol–water partition coefficient (Wildman–Crippen LogP) is 8.77. The van der Waals surface area contributed by atoms with Crippen LogP contribution < -0.4 is 15.4 Å². The molecule has 9 aromatic rings. The summed E-state index contributed by atoms with van der Waals surface area (Å²) < 4.78 is 9.37. The van der Waals surface area contributed by atoms with Crippen molar-refractivity contribution in [1.29, 1.82) is 0 Å². The van der Waals surface area contributed by atoms with Crippen molar-refractivity contribution >= 4 is 23.7 Å². The Balaban J connectivity index is 0.000000148. The Bertz CT molecular complexity index is 3510. The topological polar surface area (TPSA) is 199 Å². The fourth-order valence-corrected chi connectivity index (χ4v) is 12.5. The van der Waals surface area contributed by atoms with E-state index in [0.29, 0.717) is 37.6 Å². The van der Waals surface area contributed by atoms with Crippen LogP contribution in [-0.2, 0) is 33.3 Å². The monoisotopic (exact) mass is 955 g/mol. The molecule has 4 aromatic carbocycles. The number of aromatic nitrogens is 11. The summed E-state index contributed by atoms with van der Waals surface area (Å²) in [6.45, 7) is 8.40. The predicted molar refractivity (Wildman–Crippen MR) is 270 cm³/mol. The zero-order valence-corrected chi connectivity index (χ0v) is 40.6. The quantitative estimate of drug-likeness (QED) is 0.103. The summed E-state index contributed by atoms with van der Waals surface area (Å²) in [7, 11) is 1.65. The van der Waals surface area contributed by atoms with E-state index in [1.54, 1.807) is 44.6 Å². The first-order valence-corrected chi connectivity index (χ1v) is 24.2. The summed E-state index contributed by atoms with van der Waals surface area (Å²) >= 11 is 0. The number of pyridine rings is 1. The lowest BCUT2D eigenvalue weighted by atomic mass is 9.55. The Labute approximate surface area is 415 Å². The van der Waals surface area contributed by atoms with E-state index in [1.165, 1.54) is 11.1 Å². The number of fused-ring (bicyclic) bond motifs is 2. The number of carbonyl (C=O) groups is 2. The zero-order valence-electron chi connectivity index (χ0n) is 40.6. The van der Waals surface area contributed by atoms with E-state index in [2.05, 4.69) is 140 Å². The second-order valence-corrected chi connectivity index (χ2v) is 20.5. The van der Waals surface area contributed by atoms with Crippen molar-refractivity contribution in [1.82, 2.24) is 54.4 Å². The van der Waals surface area contributed by atoms with Crippen LogP contribution in [0.1, 0.15) is 109 Å². The molecule has 16 heteroatoms. The van der Waals surface area contributed by atoms with Gasteiger partial charge in [0.25, 0.3) is 0 Å². The minimum absolute atomic E-state index is 0.0646. The fraction of sp³-hybridized carbons (Fsp3) is 0.268. The van der Waals surface area contributed by atoms with Crippen molar-refractivity contribution in [2.24, 2.45) is 10.8 Å². The van der Waals surface area contributed by atoms with Crippen LogP contribution in [0.4, 0.5) is 11.9 Å². The lowest BCUT2D eigenvalue weighted by molar-refractivity contribution is -0.130. The van der Waals surface area contributed by atoms with Crippen LogP contribution in [0.2, 0.25) is 0 Å². The molecular formula is C56H53N13O3. The Hall–Kier alpha value is -8.53. The number of amides is 2. The molecule has 0 saturated carbocycles. The van der Waals surface area contributed by atoms with E-state index in [9.17, 15) is 9.59 Å². The molecule has 0 fully saturated rings. The number of anilines is 2. The molecule has 2 amide bonds. The molecule has 6 aliphatic rings. The van der Waals surface area contributed by atoms with Crippen LogP contribution in [0.15, 0.2) is 147 Å². The van der Waals surface area contributed by atoms with Gasteiger partial charge in [-0.25, -0.2) is 9.97 Å². The van der Waals surface area contributed by atoms with Gasteiger partial charge in [-0.3, -0.25) is 25.2 Å². The standard InChI is InChI=1S/C30H27N7O.C26H26N6O2/c1-29-17-30(2,25(37-18-33-36-26(29)37)23-5-3-4-6-24(23)29)27(38)35-28-32-16-22(34-28)15-19-7-9-20(10-8-19)21-11-13-31-14-12-21;1-25-14-26(2,21(32-15-28-31-22(25)32)19-6-4-5-7-20(19)25)23(33)30-24-27-13-17(29-24)12-16-8-10-18(34-3)11-9-16/h3-14,16,18,25H,15,17H2,1-2H3,(H2,32,34,35,38);4-11,13,15,21H,12,14H2,1-3H3,(H2,27,29,30,33). The number of carbonyl (C=O) groups excluding carboxylic acids is 2. The number of methoxy groups -OCH3 is 1. The van der Waals surface area contributed by atoms with Gasteiger partial charge in [0.15, 0.2) is 0 Å². The van der Waals surface area contributed by atoms with Crippen LogP contribution >= 0.6 is 0 Å². The molecule has 6 unspecified atom stereocenters. The van der Waals surface area contributed by atoms with Crippen molar-refractivity contribution in [2.45, 2.75) is 76.3 Å². The molecule has 4 bridgehead atoms. The van der Waals surface area contributed by atoms with E-state index in [-0.39, 0.29) is 23.9 Å². The first-order chi connectivity index (χ1) is 34.9. The summed E-state index contributed by atoms with van der Waals surface area (Å²) in [6.07, 6.45) is 13.3. The average molecular weight is 956 g/mol. The van der Waals surface area contributed by atoms with Crippen molar-refractivity contribution in [3.05, 3.63) is 203 Å². The number of hydrogen-bond acceptors (Lipinski definition) is 10. The van der Waals surface area contributed by atoms with Crippen molar-refractivity contribution in [3.63, 3.8) is 0 Å². The molecule has 16 nitrogen and oxygen atoms in total. The van der Waals surface area contributed by atoms with Crippen molar-refractivity contribution in [2.75, 3.05) is 17.7 Å². The maximum atomic E-state index is 13.9. The molecule has 72 heavy (non-hydrogen) atoms. The minimum atomic E-state index is -0.700. The number of benzene rings is 4. The molecule has 0 radical (unpaired) electrons. The summed E-state index contributed by atoms with van der Waals surface area (Å²) in [5.41, 5.74) is 9.01. The van der Waals surface area contributed by atoms with E-state index in [1.807, 2.05) is 62.4 Å². The molecule has 0 spiro atoms. The summed E-state index contributed by atoms with van der Waals surface area (Å²) in [4.78, 5) is 47.2. The molecule has 5 aromatic heterocycles. The largest absolute Gasteiger partial charge is 0.497 e. The highest BCUT2D eigenvalue weighted by Crippen LogP contribution is 2.61. The van der Waals surface area contributed by atoms with Gasteiger partial charge in [0.05, 0.1) is 53.2 Å². The maximum absolute atomic E-state index is 13.9. The third-order valence-electron chi connectivity index (χ3n) is 15.7. The van der Waals surface area contributed by atoms with Gasteiger partial charge >= 0.3 is 0 Å². The Morgan fingerprint density at radius 2 is 1.06 bits per heavy atom. The first-order valence-electron chi connectivity index (χ1n) is 24.2. The summed E-state index contributed by atoms with van der Waals surface area (Å²) in [5.74, 6) is 3.45. The Morgan fingerprint density at radius 3 is 1.53 bits per heavy atom. The third kappa shape index (κ3) is 7.14.